The predicted octanol–water partition coefficient (Wildman–Crippen LogP) is 3.94. The summed E-state index contributed by atoms with van der Waals surface area (Å²) in [5.41, 5.74) is 3.90. The molecule has 0 radical (unpaired) electrons. The number of anilines is 1. The van der Waals surface area contributed by atoms with Crippen LogP contribution in [0.5, 0.6) is 5.75 Å². The van der Waals surface area contributed by atoms with Gasteiger partial charge in [0, 0.05) is 17.1 Å². The average Bonchev–Trinajstić information content (AvgIpc) is 2.88. The summed E-state index contributed by atoms with van der Waals surface area (Å²) in [5, 5.41) is 13.1. The van der Waals surface area contributed by atoms with Crippen molar-refractivity contribution in [2.45, 2.75) is 19.4 Å². The molecule has 2 aromatic carbocycles. The second-order valence-corrected chi connectivity index (χ2v) is 5.65. The summed E-state index contributed by atoms with van der Waals surface area (Å²) < 4.78 is 5.89. The number of hydrogen-bond donors (Lipinski definition) is 1. The van der Waals surface area contributed by atoms with E-state index in [1.807, 2.05) is 43.3 Å². The number of nitrogens with one attached hydrogen (secondary N) is 1. The van der Waals surface area contributed by atoms with Crippen molar-refractivity contribution in [3.8, 4) is 11.8 Å². The van der Waals surface area contributed by atoms with Gasteiger partial charge in [-0.15, -0.1) is 0 Å². The molecule has 4 heteroatoms. The van der Waals surface area contributed by atoms with E-state index < -0.39 is 0 Å². The van der Waals surface area contributed by atoms with Gasteiger partial charge in [-0.1, -0.05) is 17.7 Å². The molecule has 0 aliphatic carbocycles. The van der Waals surface area contributed by atoms with E-state index in [2.05, 4.69) is 11.4 Å². The van der Waals surface area contributed by atoms with Crippen LogP contribution in [0.15, 0.2) is 36.4 Å². The van der Waals surface area contributed by atoms with Crippen molar-refractivity contribution in [2.24, 2.45) is 0 Å². The van der Waals surface area contributed by atoms with Gasteiger partial charge in [-0.25, -0.2) is 0 Å². The van der Waals surface area contributed by atoms with Gasteiger partial charge in [-0.05, 0) is 48.4 Å². The van der Waals surface area contributed by atoms with E-state index in [0.29, 0.717) is 12.1 Å². The lowest BCUT2D eigenvalue weighted by atomic mass is 10.1. The molecular weight excluding hydrogens is 284 g/mol. The third-order valence-electron chi connectivity index (χ3n) is 3.65. The molecule has 106 valence electrons. The zero-order chi connectivity index (χ0) is 14.8. The lowest BCUT2D eigenvalue weighted by Crippen LogP contribution is -2.24. The highest BCUT2D eigenvalue weighted by Crippen LogP contribution is 2.31. The molecule has 1 heterocycles. The summed E-state index contributed by atoms with van der Waals surface area (Å²) in [5.74, 6) is 0.911. The highest BCUT2D eigenvalue weighted by Gasteiger charge is 2.22. The molecule has 0 aromatic heterocycles. The molecule has 2 aromatic rings. The fourth-order valence-electron chi connectivity index (χ4n) is 2.51. The Bertz CT molecular complexity index is 721. The second kappa shape index (κ2) is 5.67. The molecular formula is C17H15ClN2O. The van der Waals surface area contributed by atoms with Crippen LogP contribution in [0.4, 0.5) is 5.69 Å². The van der Waals surface area contributed by atoms with Crippen molar-refractivity contribution in [3.63, 3.8) is 0 Å². The largest absolute Gasteiger partial charge is 0.488 e. The van der Waals surface area contributed by atoms with Crippen LogP contribution in [0, 0.1) is 18.3 Å². The number of nitriles is 1. The molecule has 0 saturated heterocycles. The third kappa shape index (κ3) is 2.96. The maximum absolute atomic E-state index is 8.96. The Labute approximate surface area is 129 Å². The van der Waals surface area contributed by atoms with Crippen molar-refractivity contribution < 1.29 is 4.74 Å². The summed E-state index contributed by atoms with van der Waals surface area (Å²) in [4.78, 5) is 0. The molecule has 0 saturated carbocycles. The minimum Gasteiger partial charge on any atom is -0.488 e. The van der Waals surface area contributed by atoms with E-state index in [9.17, 15) is 0 Å². The number of hydrogen-bond acceptors (Lipinski definition) is 3. The van der Waals surface area contributed by atoms with Gasteiger partial charge in [-0.2, -0.15) is 5.26 Å². The molecule has 0 amide bonds. The standard InChI is InChI=1S/C17H15ClN2O/c1-11-2-3-12(9-19)6-16(11)20-10-15-8-13-7-14(18)4-5-17(13)21-15/h2-7,15,20H,8,10H2,1H3. The number of aryl methyl sites for hydroxylation is 1. The van der Waals surface area contributed by atoms with Crippen molar-refractivity contribution in [3.05, 3.63) is 58.1 Å². The Hall–Kier alpha value is -2.18. The molecule has 1 unspecified atom stereocenters. The van der Waals surface area contributed by atoms with Gasteiger partial charge >= 0.3 is 0 Å². The first kappa shape index (κ1) is 13.8. The predicted molar refractivity (Wildman–Crippen MR) is 84.0 cm³/mol. The van der Waals surface area contributed by atoms with Crippen LogP contribution in [-0.2, 0) is 6.42 Å². The molecule has 1 aliphatic rings. The summed E-state index contributed by atoms with van der Waals surface area (Å²) in [6.45, 7) is 2.72. The fraction of sp³-hybridized carbons (Fsp3) is 0.235. The van der Waals surface area contributed by atoms with E-state index in [-0.39, 0.29) is 6.10 Å². The van der Waals surface area contributed by atoms with Gasteiger partial charge < -0.3 is 10.1 Å². The van der Waals surface area contributed by atoms with E-state index in [1.54, 1.807) is 0 Å². The van der Waals surface area contributed by atoms with Crippen LogP contribution in [0.2, 0.25) is 5.02 Å². The maximum Gasteiger partial charge on any atom is 0.123 e. The molecule has 1 N–H and O–H groups in total. The topological polar surface area (TPSA) is 45.0 Å². The molecule has 3 nitrogen and oxygen atoms in total. The molecule has 0 bridgehead atoms. The van der Waals surface area contributed by atoms with Crippen LogP contribution >= 0.6 is 11.6 Å². The van der Waals surface area contributed by atoms with Gasteiger partial charge in [0.1, 0.15) is 11.9 Å². The molecule has 0 spiro atoms. The normalized spacial score (nSPS) is 16.0. The lowest BCUT2D eigenvalue weighted by Gasteiger charge is -2.14. The Morgan fingerprint density at radius 1 is 1.33 bits per heavy atom. The molecule has 3 rings (SSSR count). The Morgan fingerprint density at radius 2 is 2.19 bits per heavy atom. The monoisotopic (exact) mass is 298 g/mol. The van der Waals surface area contributed by atoms with Crippen molar-refractivity contribution in [1.29, 1.82) is 5.26 Å². The van der Waals surface area contributed by atoms with E-state index in [1.165, 1.54) is 0 Å². The van der Waals surface area contributed by atoms with Crippen LogP contribution in [0.25, 0.3) is 0 Å². The minimum atomic E-state index is 0.0867. The fourth-order valence-corrected chi connectivity index (χ4v) is 2.70. The first-order chi connectivity index (χ1) is 10.2. The van der Waals surface area contributed by atoms with Gasteiger partial charge in [0.15, 0.2) is 0 Å². The van der Waals surface area contributed by atoms with Gasteiger partial charge in [0.05, 0.1) is 18.2 Å². The number of fused-ring (bicyclic) bond motifs is 1. The Kier molecular flexibility index (Phi) is 3.72. The number of halogens is 1. The third-order valence-corrected chi connectivity index (χ3v) is 3.89. The van der Waals surface area contributed by atoms with Crippen molar-refractivity contribution in [1.82, 2.24) is 0 Å². The SMILES string of the molecule is Cc1ccc(C#N)cc1NCC1Cc2cc(Cl)ccc2O1. The van der Waals surface area contributed by atoms with Gasteiger partial charge in [-0.3, -0.25) is 0 Å². The van der Waals surface area contributed by atoms with Crippen LogP contribution < -0.4 is 10.1 Å². The molecule has 1 aliphatic heterocycles. The van der Waals surface area contributed by atoms with Crippen molar-refractivity contribution >= 4 is 17.3 Å². The molecule has 1 atom stereocenters. The Morgan fingerprint density at radius 3 is 3.00 bits per heavy atom. The first-order valence-corrected chi connectivity index (χ1v) is 7.23. The Balaban J connectivity index is 1.66. The molecule has 0 fully saturated rings. The number of benzene rings is 2. The first-order valence-electron chi connectivity index (χ1n) is 6.85. The smallest absolute Gasteiger partial charge is 0.123 e. The second-order valence-electron chi connectivity index (χ2n) is 5.22. The van der Waals surface area contributed by atoms with Crippen LogP contribution in [0.1, 0.15) is 16.7 Å². The summed E-state index contributed by atoms with van der Waals surface area (Å²) in [7, 11) is 0. The highest BCUT2D eigenvalue weighted by atomic mass is 35.5. The summed E-state index contributed by atoms with van der Waals surface area (Å²) in [6, 6.07) is 13.5. The summed E-state index contributed by atoms with van der Waals surface area (Å²) >= 11 is 6.00. The van der Waals surface area contributed by atoms with Crippen molar-refractivity contribution in [2.75, 3.05) is 11.9 Å². The van der Waals surface area contributed by atoms with E-state index in [4.69, 9.17) is 21.6 Å². The van der Waals surface area contributed by atoms with E-state index >= 15 is 0 Å². The average molecular weight is 299 g/mol. The van der Waals surface area contributed by atoms with Gasteiger partial charge in [0.2, 0.25) is 0 Å². The number of nitrogens with zero attached hydrogens (tertiary/aromatic N) is 1. The quantitative estimate of drug-likeness (QED) is 0.933. The zero-order valence-electron chi connectivity index (χ0n) is 11.7. The van der Waals surface area contributed by atoms with Gasteiger partial charge in [0.25, 0.3) is 0 Å². The van der Waals surface area contributed by atoms with E-state index in [0.717, 1.165) is 34.0 Å². The zero-order valence-corrected chi connectivity index (χ0v) is 12.4. The highest BCUT2D eigenvalue weighted by molar-refractivity contribution is 6.30. The summed E-state index contributed by atoms with van der Waals surface area (Å²) in [6.07, 6.45) is 0.934. The maximum atomic E-state index is 8.96. The molecule has 21 heavy (non-hydrogen) atoms. The number of ether oxygens (including phenoxy) is 1. The minimum absolute atomic E-state index is 0.0867. The van der Waals surface area contributed by atoms with Crippen LogP contribution in [-0.4, -0.2) is 12.6 Å². The van der Waals surface area contributed by atoms with Crippen LogP contribution in [0.3, 0.4) is 0 Å². The number of rotatable bonds is 3. The lowest BCUT2D eigenvalue weighted by molar-refractivity contribution is 0.246.